The van der Waals surface area contributed by atoms with Gasteiger partial charge in [0.1, 0.15) is 0 Å². The van der Waals surface area contributed by atoms with Crippen molar-refractivity contribution in [3.8, 4) is 0 Å². The number of carbonyl (C=O) groups excluding carboxylic acids is 1. The molecule has 28 heavy (non-hydrogen) atoms. The van der Waals surface area contributed by atoms with E-state index in [9.17, 15) is 4.79 Å². The van der Waals surface area contributed by atoms with Crippen LogP contribution < -0.4 is 10.2 Å². The second kappa shape index (κ2) is 10.5. The molecule has 1 fully saturated rings. The second-order valence-corrected chi connectivity index (χ2v) is 8.20. The highest BCUT2D eigenvalue weighted by atomic mass is 35.5. The van der Waals surface area contributed by atoms with Gasteiger partial charge in [-0.3, -0.25) is 4.79 Å². The first-order chi connectivity index (χ1) is 13.6. The van der Waals surface area contributed by atoms with Gasteiger partial charge in [0.25, 0.3) is 5.91 Å². The van der Waals surface area contributed by atoms with Crippen LogP contribution in [0.15, 0.2) is 42.5 Å². The average molecular weight is 399 g/mol. The molecule has 0 atom stereocenters. The van der Waals surface area contributed by atoms with E-state index in [2.05, 4.69) is 41.4 Å². The Bertz CT molecular complexity index is 763. The Hall–Kier alpha value is -2.00. The van der Waals surface area contributed by atoms with Crippen LogP contribution in [0.5, 0.6) is 0 Å². The molecule has 0 unspecified atom stereocenters. The molecular formula is C24H31ClN2O. The molecule has 0 saturated carbocycles. The van der Waals surface area contributed by atoms with Crippen LogP contribution in [0.1, 0.15) is 60.0 Å². The van der Waals surface area contributed by atoms with Crippen molar-refractivity contribution >= 4 is 23.2 Å². The van der Waals surface area contributed by atoms with Crippen molar-refractivity contribution in [1.29, 1.82) is 0 Å². The Morgan fingerprint density at radius 1 is 0.964 bits per heavy atom. The van der Waals surface area contributed by atoms with E-state index in [4.69, 9.17) is 11.6 Å². The highest BCUT2D eigenvalue weighted by Gasteiger charge is 2.17. The fourth-order valence-corrected chi connectivity index (χ4v) is 3.97. The van der Waals surface area contributed by atoms with Crippen LogP contribution in [0, 0.1) is 6.92 Å². The van der Waals surface area contributed by atoms with Crippen molar-refractivity contribution in [3.05, 3.63) is 64.2 Å². The molecule has 1 heterocycles. The van der Waals surface area contributed by atoms with Gasteiger partial charge in [0.15, 0.2) is 0 Å². The van der Waals surface area contributed by atoms with E-state index in [0.29, 0.717) is 17.1 Å². The minimum absolute atomic E-state index is 0.0375. The Morgan fingerprint density at radius 3 is 2.29 bits per heavy atom. The quantitative estimate of drug-likeness (QED) is 0.692. The molecule has 1 N–H and O–H groups in total. The van der Waals surface area contributed by atoms with Gasteiger partial charge in [0.05, 0.1) is 5.56 Å². The standard InChI is InChI=1S/C24H31ClN2O/c1-19-8-10-20(11-9-19)14-15-26-24(28)22-18-21(25)12-13-23(22)27-16-6-4-2-3-5-7-17-27/h8-13,18H,2-7,14-17H2,1H3,(H,26,28). The summed E-state index contributed by atoms with van der Waals surface area (Å²) in [5.41, 5.74) is 4.19. The highest BCUT2D eigenvalue weighted by Crippen LogP contribution is 2.26. The van der Waals surface area contributed by atoms with Gasteiger partial charge in [-0.15, -0.1) is 0 Å². The molecule has 150 valence electrons. The van der Waals surface area contributed by atoms with E-state index in [1.807, 2.05) is 18.2 Å². The minimum atomic E-state index is -0.0375. The Balaban J connectivity index is 1.68. The summed E-state index contributed by atoms with van der Waals surface area (Å²) in [6.07, 6.45) is 8.35. The van der Waals surface area contributed by atoms with Gasteiger partial charge < -0.3 is 10.2 Å². The smallest absolute Gasteiger partial charge is 0.253 e. The molecule has 1 aliphatic rings. The lowest BCUT2D eigenvalue weighted by atomic mass is 10.1. The van der Waals surface area contributed by atoms with Gasteiger partial charge >= 0.3 is 0 Å². The number of aryl methyl sites for hydroxylation is 1. The topological polar surface area (TPSA) is 32.3 Å². The Labute approximate surface area is 174 Å². The fraction of sp³-hybridized carbons (Fsp3) is 0.458. The number of benzene rings is 2. The van der Waals surface area contributed by atoms with Crippen LogP contribution in [-0.4, -0.2) is 25.5 Å². The lowest BCUT2D eigenvalue weighted by Crippen LogP contribution is -2.31. The van der Waals surface area contributed by atoms with Gasteiger partial charge in [-0.05, 0) is 49.9 Å². The maximum Gasteiger partial charge on any atom is 0.253 e. The molecule has 4 heteroatoms. The zero-order valence-corrected chi connectivity index (χ0v) is 17.6. The molecule has 0 bridgehead atoms. The zero-order valence-electron chi connectivity index (χ0n) is 16.8. The van der Waals surface area contributed by atoms with E-state index in [1.54, 1.807) is 0 Å². The van der Waals surface area contributed by atoms with Crippen molar-refractivity contribution in [2.75, 3.05) is 24.5 Å². The van der Waals surface area contributed by atoms with Gasteiger partial charge in [0.2, 0.25) is 0 Å². The van der Waals surface area contributed by atoms with Gasteiger partial charge in [-0.1, -0.05) is 67.1 Å². The Kier molecular flexibility index (Phi) is 7.79. The number of rotatable bonds is 5. The van der Waals surface area contributed by atoms with Crippen LogP contribution in [-0.2, 0) is 6.42 Å². The van der Waals surface area contributed by atoms with E-state index < -0.39 is 0 Å². The van der Waals surface area contributed by atoms with Crippen LogP contribution in [0.2, 0.25) is 5.02 Å². The first-order valence-corrected chi connectivity index (χ1v) is 10.9. The molecular weight excluding hydrogens is 368 g/mol. The third-order valence-corrected chi connectivity index (χ3v) is 5.70. The van der Waals surface area contributed by atoms with Crippen LogP contribution in [0.3, 0.4) is 0 Å². The lowest BCUT2D eigenvalue weighted by molar-refractivity contribution is 0.0954. The average Bonchev–Trinajstić information content (AvgIpc) is 2.83. The summed E-state index contributed by atoms with van der Waals surface area (Å²) >= 11 is 6.23. The molecule has 0 spiro atoms. The minimum Gasteiger partial charge on any atom is -0.371 e. The number of anilines is 1. The molecule has 0 radical (unpaired) electrons. The lowest BCUT2D eigenvalue weighted by Gasteiger charge is -2.26. The second-order valence-electron chi connectivity index (χ2n) is 7.76. The molecule has 0 aliphatic carbocycles. The molecule has 2 aromatic rings. The number of hydrogen-bond acceptors (Lipinski definition) is 2. The summed E-state index contributed by atoms with van der Waals surface area (Å²) in [6, 6.07) is 14.2. The summed E-state index contributed by atoms with van der Waals surface area (Å²) in [5.74, 6) is -0.0375. The van der Waals surface area contributed by atoms with Crippen LogP contribution in [0.4, 0.5) is 5.69 Å². The number of carbonyl (C=O) groups is 1. The first kappa shape index (κ1) is 20.7. The monoisotopic (exact) mass is 398 g/mol. The fourth-order valence-electron chi connectivity index (χ4n) is 3.80. The maximum atomic E-state index is 12.9. The number of nitrogens with one attached hydrogen (secondary N) is 1. The van der Waals surface area contributed by atoms with E-state index in [-0.39, 0.29) is 5.91 Å². The van der Waals surface area contributed by atoms with Crippen molar-refractivity contribution in [1.82, 2.24) is 5.32 Å². The van der Waals surface area contributed by atoms with Gasteiger partial charge in [0, 0.05) is 30.3 Å². The van der Waals surface area contributed by atoms with Crippen molar-refractivity contribution < 1.29 is 4.79 Å². The van der Waals surface area contributed by atoms with Crippen molar-refractivity contribution in [2.24, 2.45) is 0 Å². The van der Waals surface area contributed by atoms with Crippen LogP contribution >= 0.6 is 11.6 Å². The third kappa shape index (κ3) is 6.00. The summed E-state index contributed by atoms with van der Waals surface area (Å²) < 4.78 is 0. The Morgan fingerprint density at radius 2 is 1.61 bits per heavy atom. The predicted octanol–water partition coefficient (Wildman–Crippen LogP) is 5.78. The normalized spacial score (nSPS) is 15.4. The number of hydrogen-bond donors (Lipinski definition) is 1. The first-order valence-electron chi connectivity index (χ1n) is 10.5. The van der Waals surface area contributed by atoms with E-state index >= 15 is 0 Å². The number of halogens is 1. The molecule has 3 nitrogen and oxygen atoms in total. The molecule has 1 amide bonds. The predicted molar refractivity (Wildman–Crippen MR) is 119 cm³/mol. The number of nitrogens with zero attached hydrogens (tertiary/aromatic N) is 1. The van der Waals surface area contributed by atoms with Gasteiger partial charge in [-0.2, -0.15) is 0 Å². The van der Waals surface area contributed by atoms with Crippen molar-refractivity contribution in [2.45, 2.75) is 51.9 Å². The third-order valence-electron chi connectivity index (χ3n) is 5.47. The maximum absolute atomic E-state index is 12.9. The summed E-state index contributed by atoms with van der Waals surface area (Å²) in [4.78, 5) is 15.3. The molecule has 2 aromatic carbocycles. The number of amides is 1. The molecule has 0 aromatic heterocycles. The zero-order chi connectivity index (χ0) is 19.8. The molecule has 3 rings (SSSR count). The van der Waals surface area contributed by atoms with E-state index in [1.165, 1.54) is 49.7 Å². The SMILES string of the molecule is Cc1ccc(CCNC(=O)c2cc(Cl)ccc2N2CCCCCCCC2)cc1. The van der Waals surface area contributed by atoms with Crippen molar-refractivity contribution in [3.63, 3.8) is 0 Å². The summed E-state index contributed by atoms with van der Waals surface area (Å²) in [5, 5.41) is 3.69. The largest absolute Gasteiger partial charge is 0.371 e. The molecule has 1 saturated heterocycles. The van der Waals surface area contributed by atoms with Gasteiger partial charge in [-0.25, -0.2) is 0 Å². The highest BCUT2D eigenvalue weighted by molar-refractivity contribution is 6.31. The summed E-state index contributed by atoms with van der Waals surface area (Å²) in [7, 11) is 0. The van der Waals surface area contributed by atoms with E-state index in [0.717, 1.165) is 25.2 Å². The molecule has 1 aliphatic heterocycles. The van der Waals surface area contributed by atoms with Crippen LogP contribution in [0.25, 0.3) is 0 Å². The summed E-state index contributed by atoms with van der Waals surface area (Å²) in [6.45, 7) is 4.71.